The van der Waals surface area contributed by atoms with Crippen LogP contribution in [0.4, 0.5) is 0 Å². The Morgan fingerprint density at radius 3 is 2.19 bits per heavy atom. The lowest BCUT2D eigenvalue weighted by Crippen LogP contribution is -2.50. The Hall–Kier alpha value is -0.203. The average Bonchev–Trinajstić information content (AvgIpc) is 2.58. The van der Waals surface area contributed by atoms with Crippen LogP contribution >= 0.6 is 0 Å². The molecule has 1 heterocycles. The first-order valence-corrected chi connectivity index (χ1v) is 12.6. The van der Waals surface area contributed by atoms with Crippen LogP contribution < -0.4 is 5.32 Å². The third-order valence-corrected chi connectivity index (χ3v) is 12.0. The summed E-state index contributed by atoms with van der Waals surface area (Å²) in [6.45, 7) is 17.5. The summed E-state index contributed by atoms with van der Waals surface area (Å²) < 4.78 is 17.6. The first-order valence-electron chi connectivity index (χ1n) is 10.5. The van der Waals surface area contributed by atoms with E-state index in [0.717, 1.165) is 25.9 Å². The molecule has 0 aromatic carbocycles. The smallest absolute Gasteiger partial charge is 0.200 e. The van der Waals surface area contributed by atoms with E-state index in [1.165, 1.54) is 0 Å². The van der Waals surface area contributed by atoms with E-state index in [-0.39, 0.29) is 6.10 Å². The van der Waals surface area contributed by atoms with Gasteiger partial charge in [-0.3, -0.25) is 0 Å². The molecule has 0 spiro atoms. The molecule has 0 saturated heterocycles. The van der Waals surface area contributed by atoms with Crippen molar-refractivity contribution in [1.29, 1.82) is 0 Å². The van der Waals surface area contributed by atoms with Crippen LogP contribution in [0.15, 0.2) is 12.2 Å². The van der Waals surface area contributed by atoms with Crippen molar-refractivity contribution in [1.82, 2.24) is 5.32 Å². The van der Waals surface area contributed by atoms with Gasteiger partial charge in [-0.1, -0.05) is 60.6 Å². The van der Waals surface area contributed by atoms with Crippen molar-refractivity contribution in [3.8, 4) is 0 Å². The molecule has 0 aromatic rings. The standard InChI is InChI=1S/C21H43NO3Si/c1-9-21(24-15-23-8)20-12-10-11-19(22-20)13-14-25-26(16(2)3,17(4)5)18(6)7/h10-11,16-22H,9,12-15H2,1-8H3/t19-,20+,21+/m1/s1. The molecular weight excluding hydrogens is 342 g/mol. The normalized spacial score (nSPS) is 22.6. The zero-order valence-electron chi connectivity index (χ0n) is 18.4. The van der Waals surface area contributed by atoms with Crippen LogP contribution in [0, 0.1) is 0 Å². The maximum Gasteiger partial charge on any atom is 0.200 e. The Labute approximate surface area is 163 Å². The predicted octanol–water partition coefficient (Wildman–Crippen LogP) is 5.25. The van der Waals surface area contributed by atoms with Crippen molar-refractivity contribution in [2.75, 3.05) is 20.5 Å². The Bertz CT molecular complexity index is 390. The van der Waals surface area contributed by atoms with E-state index in [4.69, 9.17) is 13.9 Å². The van der Waals surface area contributed by atoms with Crippen molar-refractivity contribution < 1.29 is 13.9 Å². The van der Waals surface area contributed by atoms with Gasteiger partial charge in [-0.15, -0.1) is 0 Å². The van der Waals surface area contributed by atoms with Crippen LogP contribution in [-0.4, -0.2) is 47.0 Å². The van der Waals surface area contributed by atoms with E-state index in [2.05, 4.69) is 65.9 Å². The molecule has 0 bridgehead atoms. The van der Waals surface area contributed by atoms with Crippen molar-refractivity contribution >= 4 is 8.32 Å². The molecule has 26 heavy (non-hydrogen) atoms. The molecular formula is C21H43NO3Si. The number of hydrogen-bond acceptors (Lipinski definition) is 4. The molecule has 4 nitrogen and oxygen atoms in total. The zero-order valence-corrected chi connectivity index (χ0v) is 19.4. The highest BCUT2D eigenvalue weighted by molar-refractivity contribution is 6.77. The largest absolute Gasteiger partial charge is 0.416 e. The quantitative estimate of drug-likeness (QED) is 0.283. The zero-order chi connectivity index (χ0) is 19.7. The fourth-order valence-electron chi connectivity index (χ4n) is 4.76. The van der Waals surface area contributed by atoms with Gasteiger partial charge in [-0.25, -0.2) is 0 Å². The molecule has 5 heteroatoms. The molecule has 1 rings (SSSR count). The fraction of sp³-hybridized carbons (Fsp3) is 0.905. The van der Waals surface area contributed by atoms with E-state index in [9.17, 15) is 0 Å². The van der Waals surface area contributed by atoms with Crippen LogP contribution in [0.2, 0.25) is 16.6 Å². The summed E-state index contributed by atoms with van der Waals surface area (Å²) in [6.07, 6.45) is 7.81. The molecule has 0 radical (unpaired) electrons. The minimum absolute atomic E-state index is 0.193. The van der Waals surface area contributed by atoms with Gasteiger partial charge in [0.15, 0.2) is 8.32 Å². The van der Waals surface area contributed by atoms with Gasteiger partial charge in [0.1, 0.15) is 6.79 Å². The van der Waals surface area contributed by atoms with Crippen molar-refractivity contribution in [2.45, 2.75) is 103 Å². The molecule has 1 aliphatic rings. The average molecular weight is 386 g/mol. The van der Waals surface area contributed by atoms with Gasteiger partial charge < -0.3 is 19.2 Å². The second-order valence-corrected chi connectivity index (χ2v) is 14.0. The topological polar surface area (TPSA) is 39.7 Å². The molecule has 0 saturated carbocycles. The Kier molecular flexibility index (Phi) is 10.6. The molecule has 1 aliphatic heterocycles. The number of hydrogen-bond donors (Lipinski definition) is 1. The molecule has 1 N–H and O–H groups in total. The lowest BCUT2D eigenvalue weighted by Gasteiger charge is -2.42. The fourth-order valence-corrected chi connectivity index (χ4v) is 10.2. The SMILES string of the molecule is CC[C@H](OCOC)[C@@H]1CC=C[C@H](CCO[Si](C(C)C)(C(C)C)C(C)C)N1. The molecule has 0 aliphatic carbocycles. The van der Waals surface area contributed by atoms with Gasteiger partial charge in [-0.05, 0) is 35.9 Å². The van der Waals surface area contributed by atoms with Crippen LogP contribution in [0.5, 0.6) is 0 Å². The second-order valence-electron chi connectivity index (χ2n) is 8.52. The van der Waals surface area contributed by atoms with Crippen LogP contribution in [-0.2, 0) is 13.9 Å². The van der Waals surface area contributed by atoms with Crippen molar-refractivity contribution in [3.63, 3.8) is 0 Å². The van der Waals surface area contributed by atoms with E-state index in [1.807, 2.05) is 0 Å². The summed E-state index contributed by atoms with van der Waals surface area (Å²) in [5.74, 6) is 0. The number of rotatable bonds is 12. The predicted molar refractivity (Wildman–Crippen MR) is 113 cm³/mol. The molecule has 3 atom stereocenters. The molecule has 0 amide bonds. The second kappa shape index (κ2) is 11.6. The summed E-state index contributed by atoms with van der Waals surface area (Å²) in [5, 5.41) is 3.76. The highest BCUT2D eigenvalue weighted by atomic mass is 28.4. The van der Waals surface area contributed by atoms with Gasteiger partial charge in [0.25, 0.3) is 0 Å². The highest BCUT2D eigenvalue weighted by Gasteiger charge is 2.44. The molecule has 0 aromatic heterocycles. The van der Waals surface area contributed by atoms with Crippen LogP contribution in [0.3, 0.4) is 0 Å². The number of nitrogens with one attached hydrogen (secondary N) is 1. The Morgan fingerprint density at radius 1 is 1.08 bits per heavy atom. The minimum Gasteiger partial charge on any atom is -0.416 e. The summed E-state index contributed by atoms with van der Waals surface area (Å²) in [6, 6.07) is 0.722. The third-order valence-electron chi connectivity index (χ3n) is 5.93. The van der Waals surface area contributed by atoms with E-state index >= 15 is 0 Å². The minimum atomic E-state index is -1.77. The van der Waals surface area contributed by atoms with Crippen molar-refractivity contribution in [2.24, 2.45) is 0 Å². The first-order chi connectivity index (χ1) is 12.3. The molecule has 0 fully saturated rings. The Morgan fingerprint density at radius 2 is 1.69 bits per heavy atom. The summed E-state index contributed by atoms with van der Waals surface area (Å²) in [7, 11) is -0.0925. The van der Waals surface area contributed by atoms with Gasteiger partial charge in [0.2, 0.25) is 0 Å². The Balaban J connectivity index is 2.61. The number of ether oxygens (including phenoxy) is 2. The van der Waals surface area contributed by atoms with E-state index in [1.54, 1.807) is 7.11 Å². The number of methoxy groups -OCH3 is 1. The first kappa shape index (κ1) is 23.8. The monoisotopic (exact) mass is 385 g/mol. The highest BCUT2D eigenvalue weighted by Crippen LogP contribution is 2.42. The van der Waals surface area contributed by atoms with Gasteiger partial charge >= 0.3 is 0 Å². The van der Waals surface area contributed by atoms with Crippen molar-refractivity contribution in [3.05, 3.63) is 12.2 Å². The van der Waals surface area contributed by atoms with Crippen LogP contribution in [0.1, 0.15) is 67.7 Å². The lowest BCUT2D eigenvalue weighted by molar-refractivity contribution is -0.0852. The van der Waals surface area contributed by atoms with Crippen LogP contribution in [0.25, 0.3) is 0 Å². The maximum absolute atomic E-state index is 6.72. The van der Waals surface area contributed by atoms with Gasteiger partial charge in [0.05, 0.1) is 6.10 Å². The molecule has 0 unspecified atom stereocenters. The lowest BCUT2D eigenvalue weighted by atomic mass is 9.98. The van der Waals surface area contributed by atoms with Gasteiger partial charge in [0, 0.05) is 25.8 Å². The maximum atomic E-state index is 6.72. The molecule has 154 valence electrons. The van der Waals surface area contributed by atoms with E-state index in [0.29, 0.717) is 35.5 Å². The van der Waals surface area contributed by atoms with Gasteiger partial charge in [-0.2, -0.15) is 0 Å². The summed E-state index contributed by atoms with van der Waals surface area (Å²) >= 11 is 0. The summed E-state index contributed by atoms with van der Waals surface area (Å²) in [4.78, 5) is 0. The van der Waals surface area contributed by atoms with E-state index < -0.39 is 8.32 Å². The summed E-state index contributed by atoms with van der Waals surface area (Å²) in [5.41, 5.74) is 1.91. The third kappa shape index (κ3) is 6.16.